The predicted octanol–water partition coefficient (Wildman–Crippen LogP) is 3.95. The third-order valence-corrected chi connectivity index (χ3v) is 3.08. The summed E-state index contributed by atoms with van der Waals surface area (Å²) in [5, 5.41) is 10.0. The van der Waals surface area contributed by atoms with Crippen LogP contribution >= 0.6 is 0 Å². The Balaban J connectivity index is 2.16. The van der Waals surface area contributed by atoms with Crippen molar-refractivity contribution >= 4 is 10.9 Å². The van der Waals surface area contributed by atoms with Gasteiger partial charge in [0.2, 0.25) is 0 Å². The zero-order chi connectivity index (χ0) is 12.3. The molecule has 0 aliphatic rings. The summed E-state index contributed by atoms with van der Waals surface area (Å²) in [5.74, 6) is 0.766. The van der Waals surface area contributed by atoms with Gasteiger partial charge in [-0.05, 0) is 43.0 Å². The normalized spacial score (nSPS) is 10.9. The van der Waals surface area contributed by atoms with E-state index in [1.54, 1.807) is 0 Å². The first-order chi connectivity index (χ1) is 8.20. The predicted molar refractivity (Wildman–Crippen MR) is 70.7 cm³/mol. The number of nitrogens with zero attached hydrogens (tertiary/aromatic N) is 2. The number of aryl methyl sites for hydroxylation is 1. The molecule has 0 radical (unpaired) electrons. The second kappa shape index (κ2) is 5.05. The van der Waals surface area contributed by atoms with Crippen LogP contribution in [0.25, 0.3) is 10.9 Å². The quantitative estimate of drug-likeness (QED) is 0.776. The molecule has 0 aliphatic heterocycles. The molecule has 0 saturated heterocycles. The van der Waals surface area contributed by atoms with E-state index >= 15 is 0 Å². The number of hydrogen-bond donors (Lipinski definition) is 0. The van der Waals surface area contributed by atoms with Gasteiger partial charge in [0.05, 0.1) is 11.6 Å². The summed E-state index contributed by atoms with van der Waals surface area (Å²) in [5.41, 5.74) is 1.96. The van der Waals surface area contributed by atoms with Crippen molar-refractivity contribution in [2.24, 2.45) is 5.92 Å². The summed E-state index contributed by atoms with van der Waals surface area (Å²) >= 11 is 0. The summed E-state index contributed by atoms with van der Waals surface area (Å²) in [4.78, 5) is 0. The van der Waals surface area contributed by atoms with Crippen LogP contribution in [-0.2, 0) is 6.54 Å². The lowest BCUT2D eigenvalue weighted by Gasteiger charge is -2.07. The van der Waals surface area contributed by atoms with Gasteiger partial charge >= 0.3 is 0 Å². The fourth-order valence-corrected chi connectivity index (χ4v) is 2.13. The Labute approximate surface area is 102 Å². The highest BCUT2D eigenvalue weighted by molar-refractivity contribution is 5.81. The molecule has 1 heterocycles. The van der Waals surface area contributed by atoms with Crippen molar-refractivity contribution in [3.05, 3.63) is 36.0 Å². The Morgan fingerprint density at radius 3 is 2.82 bits per heavy atom. The van der Waals surface area contributed by atoms with Crippen LogP contribution in [-0.4, -0.2) is 4.57 Å². The molecule has 0 atom stereocenters. The highest BCUT2D eigenvalue weighted by Gasteiger charge is 2.02. The van der Waals surface area contributed by atoms with Gasteiger partial charge in [-0.25, -0.2) is 0 Å². The number of nitriles is 1. The summed E-state index contributed by atoms with van der Waals surface area (Å²) in [6, 6.07) is 10.2. The Bertz CT molecular complexity index is 544. The van der Waals surface area contributed by atoms with E-state index in [4.69, 9.17) is 5.26 Å². The van der Waals surface area contributed by atoms with Crippen molar-refractivity contribution in [1.29, 1.82) is 5.26 Å². The molecule has 88 valence electrons. The van der Waals surface area contributed by atoms with Gasteiger partial charge in [0.1, 0.15) is 0 Å². The van der Waals surface area contributed by atoms with Crippen LogP contribution in [0.3, 0.4) is 0 Å². The van der Waals surface area contributed by atoms with Gasteiger partial charge in [-0.2, -0.15) is 5.26 Å². The smallest absolute Gasteiger partial charge is 0.0991 e. The summed E-state index contributed by atoms with van der Waals surface area (Å²) in [6.45, 7) is 5.58. The molecule has 2 aromatic rings. The first-order valence-electron chi connectivity index (χ1n) is 6.19. The van der Waals surface area contributed by atoms with E-state index in [1.165, 1.54) is 18.4 Å². The largest absolute Gasteiger partial charge is 0.347 e. The van der Waals surface area contributed by atoms with E-state index in [0.717, 1.165) is 23.4 Å². The summed E-state index contributed by atoms with van der Waals surface area (Å²) in [6.07, 6.45) is 4.59. The number of hydrogen-bond acceptors (Lipinski definition) is 1. The van der Waals surface area contributed by atoms with Crippen LogP contribution in [0.2, 0.25) is 0 Å². The molecule has 0 bridgehead atoms. The zero-order valence-electron chi connectivity index (χ0n) is 10.5. The van der Waals surface area contributed by atoms with Gasteiger partial charge in [0, 0.05) is 23.6 Å². The minimum Gasteiger partial charge on any atom is -0.347 e. The fourth-order valence-electron chi connectivity index (χ4n) is 2.13. The lowest BCUT2D eigenvalue weighted by atomic mass is 10.1. The minimum absolute atomic E-state index is 0.734. The van der Waals surface area contributed by atoms with Gasteiger partial charge < -0.3 is 4.57 Å². The van der Waals surface area contributed by atoms with Gasteiger partial charge in [-0.1, -0.05) is 13.8 Å². The molecule has 2 nitrogen and oxygen atoms in total. The standard InChI is InChI=1S/C15H18N2/c1-12(2)4-3-8-17-9-7-14-10-13(11-16)5-6-15(14)17/h5-7,9-10,12H,3-4,8H2,1-2H3. The average Bonchev–Trinajstić information content (AvgIpc) is 2.71. The molecule has 2 rings (SSSR count). The van der Waals surface area contributed by atoms with Crippen LogP contribution in [0.1, 0.15) is 32.3 Å². The zero-order valence-corrected chi connectivity index (χ0v) is 10.5. The fraction of sp³-hybridized carbons (Fsp3) is 0.400. The molecule has 1 aromatic carbocycles. The van der Waals surface area contributed by atoms with Crippen LogP contribution in [0, 0.1) is 17.2 Å². The SMILES string of the molecule is CC(C)CCCn1ccc2cc(C#N)ccc21. The number of aromatic nitrogens is 1. The Kier molecular flexibility index (Phi) is 3.49. The molecule has 0 saturated carbocycles. The van der Waals surface area contributed by atoms with Crippen molar-refractivity contribution in [2.75, 3.05) is 0 Å². The van der Waals surface area contributed by atoms with E-state index in [-0.39, 0.29) is 0 Å². The molecular weight excluding hydrogens is 208 g/mol. The van der Waals surface area contributed by atoms with Crippen LogP contribution in [0.5, 0.6) is 0 Å². The summed E-state index contributed by atoms with van der Waals surface area (Å²) in [7, 11) is 0. The van der Waals surface area contributed by atoms with Crippen molar-refractivity contribution in [2.45, 2.75) is 33.2 Å². The molecule has 2 heteroatoms. The molecular formula is C15H18N2. The topological polar surface area (TPSA) is 28.7 Å². The number of fused-ring (bicyclic) bond motifs is 1. The van der Waals surface area contributed by atoms with E-state index in [0.29, 0.717) is 0 Å². The van der Waals surface area contributed by atoms with Gasteiger partial charge in [-0.3, -0.25) is 0 Å². The Morgan fingerprint density at radius 2 is 2.12 bits per heavy atom. The van der Waals surface area contributed by atoms with Crippen molar-refractivity contribution < 1.29 is 0 Å². The first-order valence-corrected chi connectivity index (χ1v) is 6.19. The van der Waals surface area contributed by atoms with Crippen LogP contribution < -0.4 is 0 Å². The third kappa shape index (κ3) is 2.68. The molecule has 0 N–H and O–H groups in total. The second-order valence-electron chi connectivity index (χ2n) is 4.93. The lowest BCUT2D eigenvalue weighted by Crippen LogP contribution is -1.98. The molecule has 17 heavy (non-hydrogen) atoms. The summed E-state index contributed by atoms with van der Waals surface area (Å²) < 4.78 is 2.28. The van der Waals surface area contributed by atoms with E-state index in [9.17, 15) is 0 Å². The van der Waals surface area contributed by atoms with E-state index in [1.807, 2.05) is 18.2 Å². The highest BCUT2D eigenvalue weighted by Crippen LogP contribution is 2.18. The first kappa shape index (κ1) is 11.7. The maximum absolute atomic E-state index is 8.85. The van der Waals surface area contributed by atoms with Crippen molar-refractivity contribution in [1.82, 2.24) is 4.57 Å². The van der Waals surface area contributed by atoms with Crippen LogP contribution in [0.15, 0.2) is 30.5 Å². The van der Waals surface area contributed by atoms with Gasteiger partial charge in [0.15, 0.2) is 0 Å². The Morgan fingerprint density at radius 1 is 1.29 bits per heavy atom. The van der Waals surface area contributed by atoms with E-state index < -0.39 is 0 Å². The minimum atomic E-state index is 0.734. The Hall–Kier alpha value is -1.75. The van der Waals surface area contributed by atoms with Crippen molar-refractivity contribution in [3.63, 3.8) is 0 Å². The molecule has 0 unspecified atom stereocenters. The maximum Gasteiger partial charge on any atom is 0.0991 e. The lowest BCUT2D eigenvalue weighted by molar-refractivity contribution is 0.518. The monoisotopic (exact) mass is 226 g/mol. The molecule has 0 aliphatic carbocycles. The van der Waals surface area contributed by atoms with Crippen LogP contribution in [0.4, 0.5) is 0 Å². The van der Waals surface area contributed by atoms with Crippen molar-refractivity contribution in [3.8, 4) is 6.07 Å². The molecule has 0 amide bonds. The molecule has 0 fully saturated rings. The maximum atomic E-state index is 8.85. The molecule has 0 spiro atoms. The van der Waals surface area contributed by atoms with Gasteiger partial charge in [0.25, 0.3) is 0 Å². The third-order valence-electron chi connectivity index (χ3n) is 3.08. The van der Waals surface area contributed by atoms with Gasteiger partial charge in [-0.15, -0.1) is 0 Å². The second-order valence-corrected chi connectivity index (χ2v) is 4.93. The average molecular weight is 226 g/mol. The number of rotatable bonds is 4. The van der Waals surface area contributed by atoms with E-state index in [2.05, 4.69) is 36.7 Å². The highest BCUT2D eigenvalue weighted by atomic mass is 14.9. The molecule has 1 aromatic heterocycles. The number of benzene rings is 1.